The topological polar surface area (TPSA) is 42.6 Å². The molecule has 5 heteroatoms. The minimum absolute atomic E-state index is 1.04. The van der Waals surface area contributed by atoms with Crippen molar-refractivity contribution >= 4 is 0 Å². The van der Waals surface area contributed by atoms with Crippen molar-refractivity contribution in [1.29, 1.82) is 0 Å². The second-order valence-corrected chi connectivity index (χ2v) is 4.31. The molecule has 1 fully saturated rings. The molecule has 2 aliphatic rings. The van der Waals surface area contributed by atoms with E-state index >= 15 is 0 Å². The van der Waals surface area contributed by atoms with Gasteiger partial charge in [-0.1, -0.05) is 0 Å². The molecule has 0 aromatic carbocycles. The standard InChI is InChI=1S/C11H23N5/c1-3-13-5-7-15-9-10-16(11-15)8-6-14-4-2-12-1/h9-10,12-14H,1-8,11H2. The molecule has 3 N–H and O–H groups in total. The summed E-state index contributed by atoms with van der Waals surface area (Å²) in [6, 6.07) is 0. The molecule has 0 aromatic heterocycles. The van der Waals surface area contributed by atoms with Gasteiger partial charge in [-0.2, -0.15) is 0 Å². The molecule has 16 heavy (non-hydrogen) atoms. The fourth-order valence-electron chi connectivity index (χ4n) is 1.98. The zero-order valence-corrected chi connectivity index (χ0v) is 9.91. The van der Waals surface area contributed by atoms with E-state index in [1.807, 2.05) is 0 Å². The highest BCUT2D eigenvalue weighted by atomic mass is 15.3. The van der Waals surface area contributed by atoms with Gasteiger partial charge in [-0.15, -0.1) is 0 Å². The SMILES string of the molecule is C1=CN2CCNCCNCCNCCN1C2. The Bertz CT molecular complexity index is 198. The van der Waals surface area contributed by atoms with Gasteiger partial charge in [0.15, 0.2) is 0 Å². The van der Waals surface area contributed by atoms with Crippen molar-refractivity contribution in [1.82, 2.24) is 25.8 Å². The maximum absolute atomic E-state index is 3.45. The van der Waals surface area contributed by atoms with Crippen LogP contribution in [0.1, 0.15) is 0 Å². The van der Waals surface area contributed by atoms with E-state index in [1.54, 1.807) is 0 Å². The van der Waals surface area contributed by atoms with Crippen molar-refractivity contribution in [2.24, 2.45) is 0 Å². The molecule has 2 rings (SSSR count). The summed E-state index contributed by atoms with van der Waals surface area (Å²) in [5.41, 5.74) is 0. The molecular weight excluding hydrogens is 202 g/mol. The van der Waals surface area contributed by atoms with Crippen molar-refractivity contribution in [3.8, 4) is 0 Å². The van der Waals surface area contributed by atoms with Crippen LogP contribution in [-0.2, 0) is 0 Å². The molecule has 0 aromatic rings. The number of hydrogen-bond acceptors (Lipinski definition) is 5. The molecule has 0 amide bonds. The number of nitrogens with one attached hydrogen (secondary N) is 3. The van der Waals surface area contributed by atoms with Crippen molar-refractivity contribution in [2.75, 3.05) is 59.0 Å². The predicted molar refractivity (Wildman–Crippen MR) is 66.0 cm³/mol. The van der Waals surface area contributed by atoms with Gasteiger partial charge in [0.2, 0.25) is 0 Å². The highest BCUT2D eigenvalue weighted by Gasteiger charge is 2.10. The third kappa shape index (κ3) is 4.00. The van der Waals surface area contributed by atoms with Gasteiger partial charge in [0.1, 0.15) is 0 Å². The Balaban J connectivity index is 1.72. The molecule has 1 saturated heterocycles. The average molecular weight is 225 g/mol. The lowest BCUT2D eigenvalue weighted by Gasteiger charge is -2.22. The Labute approximate surface area is 97.9 Å². The second-order valence-electron chi connectivity index (χ2n) is 4.31. The monoisotopic (exact) mass is 225 g/mol. The van der Waals surface area contributed by atoms with E-state index in [9.17, 15) is 0 Å². The molecule has 0 atom stereocenters. The van der Waals surface area contributed by atoms with Crippen LogP contribution in [0, 0.1) is 0 Å². The van der Waals surface area contributed by atoms with Gasteiger partial charge in [-0.05, 0) is 0 Å². The van der Waals surface area contributed by atoms with E-state index in [4.69, 9.17) is 0 Å². The van der Waals surface area contributed by atoms with Crippen LogP contribution in [-0.4, -0.2) is 68.8 Å². The first-order chi connectivity index (χ1) is 7.95. The van der Waals surface area contributed by atoms with Gasteiger partial charge in [0, 0.05) is 64.8 Å². The van der Waals surface area contributed by atoms with E-state index in [1.165, 1.54) is 0 Å². The Morgan fingerprint density at radius 1 is 0.625 bits per heavy atom. The van der Waals surface area contributed by atoms with Crippen LogP contribution < -0.4 is 16.0 Å². The molecule has 5 nitrogen and oxygen atoms in total. The van der Waals surface area contributed by atoms with E-state index in [-0.39, 0.29) is 0 Å². The fourth-order valence-corrected chi connectivity index (χ4v) is 1.98. The van der Waals surface area contributed by atoms with Crippen LogP contribution >= 0.6 is 0 Å². The largest absolute Gasteiger partial charge is 0.357 e. The molecule has 2 aliphatic heterocycles. The second kappa shape index (κ2) is 6.73. The summed E-state index contributed by atoms with van der Waals surface area (Å²) in [5.74, 6) is 0. The van der Waals surface area contributed by atoms with E-state index < -0.39 is 0 Å². The summed E-state index contributed by atoms with van der Waals surface area (Å²) < 4.78 is 0. The number of fused-ring (bicyclic) bond motifs is 2. The van der Waals surface area contributed by atoms with Gasteiger partial charge in [0.05, 0.1) is 6.67 Å². The number of rotatable bonds is 0. The Hall–Kier alpha value is -0.780. The number of hydrogen-bond donors (Lipinski definition) is 3. The van der Waals surface area contributed by atoms with Crippen LogP contribution in [0.3, 0.4) is 0 Å². The minimum Gasteiger partial charge on any atom is -0.357 e. The van der Waals surface area contributed by atoms with Crippen LogP contribution in [0.5, 0.6) is 0 Å². The molecule has 0 saturated carbocycles. The zero-order chi connectivity index (χ0) is 11.1. The first-order valence-electron chi connectivity index (χ1n) is 6.24. The maximum Gasteiger partial charge on any atom is 0.0894 e. The maximum atomic E-state index is 3.45. The molecule has 2 bridgehead atoms. The quantitative estimate of drug-likeness (QED) is 0.484. The zero-order valence-electron chi connectivity index (χ0n) is 9.91. The van der Waals surface area contributed by atoms with Gasteiger partial charge in [-0.3, -0.25) is 0 Å². The van der Waals surface area contributed by atoms with Crippen LogP contribution in [0.25, 0.3) is 0 Å². The Kier molecular flexibility index (Phi) is 4.92. The van der Waals surface area contributed by atoms with Crippen LogP contribution in [0.2, 0.25) is 0 Å². The van der Waals surface area contributed by atoms with Gasteiger partial charge < -0.3 is 25.8 Å². The smallest absolute Gasteiger partial charge is 0.0894 e. The fraction of sp³-hybridized carbons (Fsp3) is 0.818. The summed E-state index contributed by atoms with van der Waals surface area (Å²) in [7, 11) is 0. The first-order valence-corrected chi connectivity index (χ1v) is 6.24. The third-order valence-electron chi connectivity index (χ3n) is 2.96. The summed E-state index contributed by atoms with van der Waals surface area (Å²) in [4.78, 5) is 4.71. The summed E-state index contributed by atoms with van der Waals surface area (Å²) in [6.45, 7) is 9.61. The normalized spacial score (nSPS) is 24.5. The van der Waals surface area contributed by atoms with Crippen molar-refractivity contribution in [3.05, 3.63) is 12.4 Å². The Morgan fingerprint density at radius 3 is 1.56 bits per heavy atom. The Morgan fingerprint density at radius 2 is 1.06 bits per heavy atom. The van der Waals surface area contributed by atoms with E-state index in [0.717, 1.165) is 59.0 Å². The highest BCUT2D eigenvalue weighted by molar-refractivity contribution is 4.90. The molecule has 0 spiro atoms. The first kappa shape index (κ1) is 11.7. The number of nitrogens with zero attached hydrogens (tertiary/aromatic N) is 2. The highest BCUT2D eigenvalue weighted by Crippen LogP contribution is 2.04. The lowest BCUT2D eigenvalue weighted by Crippen LogP contribution is -2.39. The van der Waals surface area contributed by atoms with Gasteiger partial charge >= 0.3 is 0 Å². The predicted octanol–water partition coefficient (Wildman–Crippen LogP) is -1.18. The molecule has 2 heterocycles. The van der Waals surface area contributed by atoms with Crippen molar-refractivity contribution in [2.45, 2.75) is 0 Å². The molecule has 0 aliphatic carbocycles. The van der Waals surface area contributed by atoms with Crippen molar-refractivity contribution < 1.29 is 0 Å². The van der Waals surface area contributed by atoms with Crippen molar-refractivity contribution in [3.63, 3.8) is 0 Å². The van der Waals surface area contributed by atoms with Gasteiger partial charge in [-0.25, -0.2) is 0 Å². The molecule has 0 unspecified atom stereocenters. The van der Waals surface area contributed by atoms with E-state index in [0.29, 0.717) is 0 Å². The lowest BCUT2D eigenvalue weighted by atomic mass is 10.5. The molecule has 0 radical (unpaired) electrons. The molecule has 92 valence electrons. The summed E-state index contributed by atoms with van der Waals surface area (Å²) >= 11 is 0. The minimum atomic E-state index is 1.04. The average Bonchev–Trinajstić information content (AvgIpc) is 2.73. The molecular formula is C11H23N5. The summed E-state index contributed by atoms with van der Waals surface area (Å²) in [6.07, 6.45) is 4.39. The third-order valence-corrected chi connectivity index (χ3v) is 2.96. The lowest BCUT2D eigenvalue weighted by molar-refractivity contribution is 0.263. The van der Waals surface area contributed by atoms with E-state index in [2.05, 4.69) is 38.2 Å². The van der Waals surface area contributed by atoms with Crippen LogP contribution in [0.4, 0.5) is 0 Å². The van der Waals surface area contributed by atoms with Gasteiger partial charge in [0.25, 0.3) is 0 Å². The summed E-state index contributed by atoms with van der Waals surface area (Å²) in [5, 5.41) is 10.3. The van der Waals surface area contributed by atoms with Crippen LogP contribution in [0.15, 0.2) is 12.4 Å².